The summed E-state index contributed by atoms with van der Waals surface area (Å²) >= 11 is 1.59. The van der Waals surface area contributed by atoms with Crippen molar-refractivity contribution in [3.63, 3.8) is 0 Å². The number of nitrogens with two attached hydrogens (primary N) is 1. The molecule has 1 amide bonds. The quantitative estimate of drug-likeness (QED) is 0.815. The van der Waals surface area contributed by atoms with Crippen molar-refractivity contribution in [1.29, 1.82) is 0 Å². The van der Waals surface area contributed by atoms with Crippen molar-refractivity contribution < 1.29 is 9.53 Å². The van der Waals surface area contributed by atoms with Gasteiger partial charge in [0, 0.05) is 49.2 Å². The lowest BCUT2D eigenvalue weighted by Gasteiger charge is -2.36. The Hall–Kier alpha value is -2.67. The Kier molecular flexibility index (Phi) is 5.90. The summed E-state index contributed by atoms with van der Waals surface area (Å²) in [5, 5.41) is 0.620. The molecule has 1 atom stereocenters. The molecule has 0 bridgehead atoms. The Labute approximate surface area is 182 Å². The van der Waals surface area contributed by atoms with Crippen molar-refractivity contribution >= 4 is 28.5 Å². The fourth-order valence-corrected chi connectivity index (χ4v) is 5.01. The van der Waals surface area contributed by atoms with Gasteiger partial charge >= 0.3 is 0 Å². The molecule has 4 rings (SSSR count). The first kappa shape index (κ1) is 20.6. The maximum atomic E-state index is 13.2. The normalized spacial score (nSPS) is 21.9. The molecule has 2 N–H and O–H groups in total. The van der Waals surface area contributed by atoms with Gasteiger partial charge in [0.15, 0.2) is 5.17 Å². The first-order chi connectivity index (χ1) is 14.5. The fourth-order valence-electron chi connectivity index (χ4n) is 4.04. The molecule has 0 saturated carbocycles. The van der Waals surface area contributed by atoms with Crippen LogP contribution < -0.4 is 15.4 Å². The van der Waals surface area contributed by atoms with Gasteiger partial charge in [-0.05, 0) is 43.2 Å². The molecule has 6 nitrogen and oxygen atoms in total. The zero-order valence-corrected chi connectivity index (χ0v) is 18.3. The number of nitrogens with zero attached hydrogens (tertiary/aromatic N) is 3. The molecule has 30 heavy (non-hydrogen) atoms. The Morgan fingerprint density at radius 1 is 1.13 bits per heavy atom. The van der Waals surface area contributed by atoms with Crippen LogP contribution in [-0.2, 0) is 5.54 Å². The van der Waals surface area contributed by atoms with E-state index in [-0.39, 0.29) is 11.4 Å². The molecule has 2 aliphatic rings. The summed E-state index contributed by atoms with van der Waals surface area (Å²) in [6, 6.07) is 15.9. The van der Waals surface area contributed by atoms with Gasteiger partial charge in [-0.25, -0.2) is 0 Å². The van der Waals surface area contributed by atoms with E-state index in [1.54, 1.807) is 18.9 Å². The minimum absolute atomic E-state index is 0.0767. The molecule has 158 valence electrons. The molecule has 7 heteroatoms. The molecule has 2 aromatic rings. The molecule has 0 aliphatic carbocycles. The van der Waals surface area contributed by atoms with Crippen LogP contribution in [0.15, 0.2) is 53.5 Å². The number of hydrogen-bond donors (Lipinski definition) is 1. The van der Waals surface area contributed by atoms with Gasteiger partial charge in [0.2, 0.25) is 0 Å². The Morgan fingerprint density at radius 2 is 1.90 bits per heavy atom. The summed E-state index contributed by atoms with van der Waals surface area (Å²) in [5.74, 6) is 1.87. The summed E-state index contributed by atoms with van der Waals surface area (Å²) in [6.07, 6.45) is 0.912. The molecule has 1 unspecified atom stereocenters. The number of hydrogen-bond acceptors (Lipinski definition) is 6. The van der Waals surface area contributed by atoms with Crippen LogP contribution in [0.5, 0.6) is 5.75 Å². The molecule has 2 aliphatic heterocycles. The fraction of sp³-hybridized carbons (Fsp3) is 0.391. The van der Waals surface area contributed by atoms with E-state index in [1.807, 2.05) is 47.4 Å². The Bertz CT molecular complexity index is 956. The standard InChI is InChI=1S/C23H28N4O2S/c1-23(9-14-30-22(24)25-23)18-6-3-5-17(15-18)21(28)27-12-10-26(11-13-27)19-7-4-8-20(16-19)29-2/h3-8,15-16H,9-14H2,1-2H3,(H2,24,25). The molecule has 0 spiro atoms. The highest BCUT2D eigenvalue weighted by Crippen LogP contribution is 2.35. The number of thioether (sulfide) groups is 1. The predicted octanol–water partition coefficient (Wildman–Crippen LogP) is 3.32. The number of carbonyl (C=O) groups is 1. The van der Waals surface area contributed by atoms with E-state index in [4.69, 9.17) is 10.5 Å². The first-order valence-corrected chi connectivity index (χ1v) is 11.2. The number of methoxy groups -OCH3 is 1. The lowest BCUT2D eigenvalue weighted by Crippen LogP contribution is -2.48. The summed E-state index contributed by atoms with van der Waals surface area (Å²) in [4.78, 5) is 22.1. The second-order valence-electron chi connectivity index (χ2n) is 7.88. The van der Waals surface area contributed by atoms with Crippen LogP contribution in [0.4, 0.5) is 5.69 Å². The van der Waals surface area contributed by atoms with E-state index in [0.29, 0.717) is 18.3 Å². The minimum Gasteiger partial charge on any atom is -0.497 e. The third-order valence-electron chi connectivity index (χ3n) is 5.91. The molecule has 1 saturated heterocycles. The number of carbonyl (C=O) groups excluding carboxylic acids is 1. The summed E-state index contributed by atoms with van der Waals surface area (Å²) < 4.78 is 5.33. The van der Waals surface area contributed by atoms with Crippen LogP contribution in [0.2, 0.25) is 0 Å². The van der Waals surface area contributed by atoms with Gasteiger partial charge in [-0.2, -0.15) is 0 Å². The highest BCUT2D eigenvalue weighted by molar-refractivity contribution is 8.13. The number of aliphatic imine (C=N–C) groups is 1. The van der Waals surface area contributed by atoms with Crippen LogP contribution >= 0.6 is 11.8 Å². The lowest BCUT2D eigenvalue weighted by molar-refractivity contribution is 0.0746. The number of anilines is 1. The minimum atomic E-state index is -0.364. The number of piperazine rings is 1. The third kappa shape index (κ3) is 4.26. The van der Waals surface area contributed by atoms with Gasteiger partial charge in [-0.3, -0.25) is 9.79 Å². The van der Waals surface area contributed by atoms with Crippen LogP contribution in [0, 0.1) is 0 Å². The van der Waals surface area contributed by atoms with Crippen LogP contribution in [0.25, 0.3) is 0 Å². The van der Waals surface area contributed by atoms with Crippen molar-refractivity contribution in [1.82, 2.24) is 4.90 Å². The molecule has 0 radical (unpaired) electrons. The molecule has 1 fully saturated rings. The first-order valence-electron chi connectivity index (χ1n) is 10.3. The van der Waals surface area contributed by atoms with E-state index in [9.17, 15) is 4.79 Å². The maximum Gasteiger partial charge on any atom is 0.253 e. The number of rotatable bonds is 4. The largest absolute Gasteiger partial charge is 0.497 e. The molecule has 2 heterocycles. The van der Waals surface area contributed by atoms with Crippen LogP contribution in [0.1, 0.15) is 29.3 Å². The van der Waals surface area contributed by atoms with Crippen LogP contribution in [0.3, 0.4) is 0 Å². The second kappa shape index (κ2) is 8.60. The molecule has 0 aromatic heterocycles. The number of amidine groups is 1. The maximum absolute atomic E-state index is 13.2. The van der Waals surface area contributed by atoms with E-state index in [1.165, 1.54) is 0 Å². The Balaban J connectivity index is 1.45. The zero-order chi connectivity index (χ0) is 21.1. The molecule has 2 aromatic carbocycles. The average molecular weight is 425 g/mol. The monoisotopic (exact) mass is 424 g/mol. The smallest absolute Gasteiger partial charge is 0.253 e. The van der Waals surface area contributed by atoms with Gasteiger partial charge in [-0.1, -0.05) is 30.0 Å². The molecular formula is C23H28N4O2S. The number of benzene rings is 2. The van der Waals surface area contributed by atoms with E-state index < -0.39 is 0 Å². The van der Waals surface area contributed by atoms with Crippen molar-refractivity contribution in [3.8, 4) is 5.75 Å². The number of amides is 1. The van der Waals surface area contributed by atoms with Crippen molar-refractivity contribution in [3.05, 3.63) is 59.7 Å². The Morgan fingerprint density at radius 3 is 2.63 bits per heavy atom. The van der Waals surface area contributed by atoms with Gasteiger partial charge in [0.05, 0.1) is 12.6 Å². The summed E-state index contributed by atoms with van der Waals surface area (Å²) in [7, 11) is 1.68. The van der Waals surface area contributed by atoms with Crippen molar-refractivity contribution in [2.24, 2.45) is 10.7 Å². The van der Waals surface area contributed by atoms with Crippen molar-refractivity contribution in [2.75, 3.05) is 43.9 Å². The predicted molar refractivity (Wildman–Crippen MR) is 124 cm³/mol. The SMILES string of the molecule is COc1cccc(N2CCN(C(=O)c3cccc(C4(C)CCSC(N)=N4)c3)CC2)c1. The topological polar surface area (TPSA) is 71.2 Å². The third-order valence-corrected chi connectivity index (χ3v) is 6.71. The molecular weight excluding hydrogens is 396 g/mol. The highest BCUT2D eigenvalue weighted by atomic mass is 32.2. The summed E-state index contributed by atoms with van der Waals surface area (Å²) in [5.41, 5.74) is 8.50. The van der Waals surface area contributed by atoms with E-state index in [2.05, 4.69) is 22.9 Å². The van der Waals surface area contributed by atoms with Crippen LogP contribution in [-0.4, -0.2) is 55.0 Å². The van der Waals surface area contributed by atoms with Gasteiger partial charge in [0.25, 0.3) is 5.91 Å². The second-order valence-corrected chi connectivity index (χ2v) is 9.00. The van der Waals surface area contributed by atoms with Crippen molar-refractivity contribution in [2.45, 2.75) is 18.9 Å². The van der Waals surface area contributed by atoms with Gasteiger partial charge in [0.1, 0.15) is 5.75 Å². The average Bonchev–Trinajstić information content (AvgIpc) is 2.79. The highest BCUT2D eigenvalue weighted by Gasteiger charge is 2.30. The zero-order valence-electron chi connectivity index (χ0n) is 17.5. The van der Waals surface area contributed by atoms with E-state index in [0.717, 1.165) is 47.8 Å². The van der Waals surface area contributed by atoms with Gasteiger partial charge in [-0.15, -0.1) is 0 Å². The van der Waals surface area contributed by atoms with Gasteiger partial charge < -0.3 is 20.3 Å². The summed E-state index contributed by atoms with van der Waals surface area (Å²) in [6.45, 7) is 5.08. The lowest BCUT2D eigenvalue weighted by atomic mass is 9.88. The number of ether oxygens (including phenoxy) is 1. The van der Waals surface area contributed by atoms with E-state index >= 15 is 0 Å².